The molecule has 0 unspecified atom stereocenters. The van der Waals surface area contributed by atoms with Gasteiger partial charge in [-0.25, -0.2) is 18.4 Å². The molecule has 0 aliphatic heterocycles. The molecular weight excluding hydrogens is 578 g/mol. The van der Waals surface area contributed by atoms with Crippen molar-refractivity contribution < 1.29 is 52.0 Å². The molecule has 246 valence electrons. The predicted molar refractivity (Wildman–Crippen MR) is 155 cm³/mol. The molecule has 0 saturated heterocycles. The molecule has 0 aromatic carbocycles. The summed E-state index contributed by atoms with van der Waals surface area (Å²) in [5, 5.41) is 11.7. The van der Waals surface area contributed by atoms with E-state index in [-0.39, 0.29) is 38.0 Å². The summed E-state index contributed by atoms with van der Waals surface area (Å²) in [6.45, 7) is 8.11. The summed E-state index contributed by atoms with van der Waals surface area (Å²) < 4.78 is 54.9. The molecule has 1 N–H and O–H groups in total. The lowest BCUT2D eigenvalue weighted by Crippen LogP contribution is -2.71. The molecule has 11 heteroatoms. The number of allylic oxidation sites excluding steroid dienone is 4. The minimum Gasteiger partial charge on any atom is -0.434 e. The van der Waals surface area contributed by atoms with E-state index in [4.69, 9.17) is 18.9 Å². The fraction of sp³-hybridized carbons (Fsp3) is 0.758. The van der Waals surface area contributed by atoms with Crippen molar-refractivity contribution in [2.24, 2.45) is 28.6 Å². The average molecular weight is 625 g/mol. The van der Waals surface area contributed by atoms with E-state index in [1.54, 1.807) is 13.8 Å². The Morgan fingerprint density at radius 3 is 2.32 bits per heavy atom. The largest absolute Gasteiger partial charge is 0.509 e. The quantitative estimate of drug-likeness (QED) is 0.213. The van der Waals surface area contributed by atoms with Crippen molar-refractivity contribution in [2.75, 3.05) is 19.8 Å². The number of ether oxygens (including phenoxy) is 4. The Kier molecular flexibility index (Phi) is 9.98. The van der Waals surface area contributed by atoms with Crippen LogP contribution in [0.1, 0.15) is 86.0 Å². The van der Waals surface area contributed by atoms with Gasteiger partial charge < -0.3 is 24.1 Å². The molecule has 0 heterocycles. The van der Waals surface area contributed by atoms with Gasteiger partial charge in [0.05, 0.1) is 19.3 Å². The first-order valence-corrected chi connectivity index (χ1v) is 15.9. The minimum absolute atomic E-state index is 0.0123. The van der Waals surface area contributed by atoms with Gasteiger partial charge in [-0.05, 0) is 62.7 Å². The highest BCUT2D eigenvalue weighted by molar-refractivity contribution is 6.01. The van der Waals surface area contributed by atoms with Crippen LogP contribution in [0.2, 0.25) is 0 Å². The first-order chi connectivity index (χ1) is 20.7. The number of carbonyl (C=O) groups is 4. The van der Waals surface area contributed by atoms with Crippen LogP contribution in [-0.4, -0.2) is 72.3 Å². The second-order valence-electron chi connectivity index (χ2n) is 13.3. The molecule has 0 aromatic heterocycles. The third-order valence-electron chi connectivity index (χ3n) is 10.8. The topological polar surface area (TPSA) is 125 Å². The number of rotatable bonds is 11. The number of alkyl halides is 2. The molecule has 0 aromatic rings. The smallest absolute Gasteiger partial charge is 0.434 e. The number of aliphatic hydroxyl groups is 1. The van der Waals surface area contributed by atoms with Crippen molar-refractivity contribution in [3.05, 3.63) is 23.8 Å². The van der Waals surface area contributed by atoms with E-state index in [2.05, 4.69) is 0 Å². The molecule has 4 aliphatic rings. The maximum absolute atomic E-state index is 17.6. The van der Waals surface area contributed by atoms with Crippen molar-refractivity contribution >= 4 is 23.9 Å². The van der Waals surface area contributed by atoms with E-state index in [0.717, 1.165) is 25.3 Å². The monoisotopic (exact) mass is 624 g/mol. The van der Waals surface area contributed by atoms with Gasteiger partial charge in [0.25, 0.3) is 0 Å². The van der Waals surface area contributed by atoms with Crippen LogP contribution in [0.3, 0.4) is 0 Å². The molecule has 3 fully saturated rings. The standard InChI is InChI=1S/C33H46F2O9/c1-6-8-10-14-42-29(40)44-33(27(38)19-43-28(39)41-13-9-7-2)20(3)15-22-23-17-25(34)24-16-21(36)11-12-30(24,4)32(23,35)26(37)18-31(22,33)5/h11-12,16,20,22-23,25-26,37H,6-10,13-15,17-19H2,1-5H3/t20-,22+,23+,25+,26+,30+,31+,32+,33+/m1/s1. The third kappa shape index (κ3) is 5.36. The molecule has 9 atom stereocenters. The summed E-state index contributed by atoms with van der Waals surface area (Å²) in [5.74, 6) is -3.74. The van der Waals surface area contributed by atoms with Gasteiger partial charge in [-0.3, -0.25) is 9.59 Å². The summed E-state index contributed by atoms with van der Waals surface area (Å²) in [7, 11) is 0. The Morgan fingerprint density at radius 1 is 0.977 bits per heavy atom. The van der Waals surface area contributed by atoms with E-state index in [1.165, 1.54) is 19.1 Å². The second-order valence-corrected chi connectivity index (χ2v) is 13.3. The van der Waals surface area contributed by atoms with Crippen LogP contribution < -0.4 is 0 Å². The van der Waals surface area contributed by atoms with Gasteiger partial charge in [-0.2, -0.15) is 0 Å². The summed E-state index contributed by atoms with van der Waals surface area (Å²) >= 11 is 0. The van der Waals surface area contributed by atoms with Crippen LogP contribution >= 0.6 is 0 Å². The number of fused-ring (bicyclic) bond motifs is 5. The highest BCUT2D eigenvalue weighted by atomic mass is 19.1. The van der Waals surface area contributed by atoms with Crippen LogP contribution in [0, 0.1) is 28.6 Å². The Hall–Kier alpha value is -2.82. The lowest BCUT2D eigenvalue weighted by atomic mass is 9.44. The van der Waals surface area contributed by atoms with E-state index >= 15 is 8.78 Å². The van der Waals surface area contributed by atoms with Crippen molar-refractivity contribution in [3.63, 3.8) is 0 Å². The first kappa shape index (κ1) is 34.1. The van der Waals surface area contributed by atoms with Crippen LogP contribution in [0.5, 0.6) is 0 Å². The van der Waals surface area contributed by atoms with E-state index in [0.29, 0.717) is 12.8 Å². The van der Waals surface area contributed by atoms with Gasteiger partial charge >= 0.3 is 12.3 Å². The molecule has 0 amide bonds. The maximum Gasteiger partial charge on any atom is 0.509 e. The maximum atomic E-state index is 17.6. The van der Waals surface area contributed by atoms with Gasteiger partial charge in [0.1, 0.15) is 6.17 Å². The normalized spacial score (nSPS) is 39.0. The number of hydrogen-bond donors (Lipinski definition) is 1. The number of Topliss-reactive ketones (excluding diaryl/α,β-unsaturated/α-hetero) is 1. The zero-order chi connectivity index (χ0) is 32.5. The van der Waals surface area contributed by atoms with Crippen molar-refractivity contribution in [3.8, 4) is 0 Å². The Labute approximate surface area is 257 Å². The molecule has 44 heavy (non-hydrogen) atoms. The van der Waals surface area contributed by atoms with Crippen LogP contribution in [-0.2, 0) is 28.5 Å². The molecular formula is C33H46F2O9. The number of ketones is 2. The average Bonchev–Trinajstić information content (AvgIpc) is 3.19. The zero-order valence-corrected chi connectivity index (χ0v) is 26.4. The molecule has 3 saturated carbocycles. The minimum atomic E-state index is -2.37. The lowest BCUT2D eigenvalue weighted by Gasteiger charge is -2.63. The highest BCUT2D eigenvalue weighted by Gasteiger charge is 2.78. The van der Waals surface area contributed by atoms with E-state index < -0.39 is 82.6 Å². The lowest BCUT2D eigenvalue weighted by molar-refractivity contribution is -0.226. The van der Waals surface area contributed by atoms with Crippen LogP contribution in [0.25, 0.3) is 0 Å². The fourth-order valence-electron chi connectivity index (χ4n) is 8.63. The van der Waals surface area contributed by atoms with Crippen LogP contribution in [0.4, 0.5) is 18.4 Å². The number of unbranched alkanes of at least 4 members (excludes halogenated alkanes) is 3. The van der Waals surface area contributed by atoms with Crippen molar-refractivity contribution in [1.82, 2.24) is 0 Å². The van der Waals surface area contributed by atoms with Gasteiger partial charge in [0.2, 0.25) is 5.78 Å². The summed E-state index contributed by atoms with van der Waals surface area (Å²) in [6.07, 6.45) is 1.33. The SMILES string of the molecule is CCCCCOC(=O)O[C@]1(C(=O)COC(=O)OCCCC)[C@H](C)C[C@H]2[C@@H]3C[C@H](F)C4=CC(=O)C=C[C@]4(C)[C@@]3(F)[C@@H](O)C[C@@]21C. The molecule has 0 spiro atoms. The fourth-order valence-corrected chi connectivity index (χ4v) is 8.63. The highest BCUT2D eigenvalue weighted by Crippen LogP contribution is 2.71. The molecule has 9 nitrogen and oxygen atoms in total. The van der Waals surface area contributed by atoms with Gasteiger partial charge in [0.15, 0.2) is 23.7 Å². The van der Waals surface area contributed by atoms with Gasteiger partial charge in [0, 0.05) is 22.7 Å². The summed E-state index contributed by atoms with van der Waals surface area (Å²) in [5.41, 5.74) is -7.35. The number of halogens is 2. The van der Waals surface area contributed by atoms with E-state index in [9.17, 15) is 24.3 Å². The van der Waals surface area contributed by atoms with Crippen molar-refractivity contribution in [2.45, 2.75) is 110 Å². The van der Waals surface area contributed by atoms with Gasteiger partial charge in [-0.15, -0.1) is 0 Å². The molecule has 0 bridgehead atoms. The zero-order valence-electron chi connectivity index (χ0n) is 26.4. The Balaban J connectivity index is 1.71. The van der Waals surface area contributed by atoms with Crippen LogP contribution in [0.15, 0.2) is 23.8 Å². The second kappa shape index (κ2) is 12.9. The third-order valence-corrected chi connectivity index (χ3v) is 10.8. The Morgan fingerprint density at radius 2 is 1.64 bits per heavy atom. The number of carbonyl (C=O) groups excluding carboxylic acids is 4. The molecule has 0 radical (unpaired) electrons. The molecule has 4 aliphatic carbocycles. The predicted octanol–water partition coefficient (Wildman–Crippen LogP) is 6.16. The van der Waals surface area contributed by atoms with E-state index in [1.807, 2.05) is 13.8 Å². The summed E-state index contributed by atoms with van der Waals surface area (Å²) in [6, 6.07) is 0. The molecule has 4 rings (SSSR count). The van der Waals surface area contributed by atoms with Crippen molar-refractivity contribution in [1.29, 1.82) is 0 Å². The Bertz CT molecular complexity index is 1200. The summed E-state index contributed by atoms with van der Waals surface area (Å²) in [4.78, 5) is 51.6. The van der Waals surface area contributed by atoms with Gasteiger partial charge in [-0.1, -0.05) is 53.0 Å². The number of hydrogen-bond acceptors (Lipinski definition) is 9. The number of aliphatic hydroxyl groups excluding tert-OH is 1. The first-order valence-electron chi connectivity index (χ1n) is 15.9.